The van der Waals surface area contributed by atoms with E-state index < -0.39 is 0 Å². The lowest BCUT2D eigenvalue weighted by Gasteiger charge is -2.24. The van der Waals surface area contributed by atoms with E-state index in [0.717, 1.165) is 6.54 Å². The first kappa shape index (κ1) is 7.52. The van der Waals surface area contributed by atoms with Crippen LogP contribution in [-0.2, 0) is 0 Å². The Labute approximate surface area is 70.1 Å². The van der Waals surface area contributed by atoms with E-state index in [1.54, 1.807) is 11.1 Å². The summed E-state index contributed by atoms with van der Waals surface area (Å²) in [7, 11) is 2.84. The molecule has 0 saturated carbocycles. The zero-order valence-corrected chi connectivity index (χ0v) is 7.84. The zero-order valence-electron chi connectivity index (χ0n) is 6.69. The fourth-order valence-corrected chi connectivity index (χ4v) is 2.31. The van der Waals surface area contributed by atoms with Gasteiger partial charge in [-0.1, -0.05) is 11.6 Å². The summed E-state index contributed by atoms with van der Waals surface area (Å²) in [6.45, 7) is 2.27. The summed E-state index contributed by atoms with van der Waals surface area (Å²) in [6, 6.07) is 0. The Hall–Kier alpha value is -0.130. The van der Waals surface area contributed by atoms with Gasteiger partial charge in [0.1, 0.15) is 0 Å². The van der Waals surface area contributed by atoms with Gasteiger partial charge < -0.3 is 5.32 Å². The van der Waals surface area contributed by atoms with Crippen molar-refractivity contribution in [2.45, 2.75) is 19.3 Å². The summed E-state index contributed by atoms with van der Waals surface area (Å²) in [4.78, 5) is 0. The Kier molecular flexibility index (Phi) is 2.11. The van der Waals surface area contributed by atoms with Crippen molar-refractivity contribution in [3.63, 3.8) is 0 Å². The van der Waals surface area contributed by atoms with Gasteiger partial charge >= 0.3 is 0 Å². The number of nitrogens with one attached hydrogen (secondary N) is 1. The molecule has 1 nitrogen and oxygen atoms in total. The van der Waals surface area contributed by atoms with Crippen molar-refractivity contribution < 1.29 is 0 Å². The Morgan fingerprint density at radius 3 is 3.09 bits per heavy atom. The van der Waals surface area contributed by atoms with Crippen LogP contribution in [-0.4, -0.2) is 13.1 Å². The maximum Gasteiger partial charge on any atom is 0.0211 e. The second kappa shape index (κ2) is 3.08. The number of allylic oxidation sites excluding steroid dienone is 1. The van der Waals surface area contributed by atoms with Crippen molar-refractivity contribution in [1.82, 2.24) is 5.32 Å². The highest BCUT2D eigenvalue weighted by atomic mass is 31.0. The summed E-state index contributed by atoms with van der Waals surface area (Å²) in [5, 5.41) is 4.83. The summed E-state index contributed by atoms with van der Waals surface area (Å²) >= 11 is 0. The first-order valence-corrected chi connectivity index (χ1v) is 4.83. The molecule has 0 radical (unpaired) electrons. The lowest BCUT2D eigenvalue weighted by Crippen LogP contribution is -2.26. The highest BCUT2D eigenvalue weighted by Crippen LogP contribution is 2.31. The van der Waals surface area contributed by atoms with Gasteiger partial charge in [-0.25, -0.2) is 0 Å². The third-order valence-electron chi connectivity index (χ3n) is 2.49. The molecule has 1 N–H and O–H groups in total. The molecule has 1 aliphatic heterocycles. The van der Waals surface area contributed by atoms with E-state index in [2.05, 4.69) is 20.6 Å². The molecule has 0 saturated heterocycles. The minimum Gasteiger partial charge on any atom is -0.312 e. The summed E-state index contributed by atoms with van der Waals surface area (Å²) in [6.07, 6.45) is 6.14. The van der Waals surface area contributed by atoms with Crippen molar-refractivity contribution >= 4 is 9.24 Å². The van der Waals surface area contributed by atoms with Gasteiger partial charge in [-0.3, -0.25) is 0 Å². The predicted octanol–water partition coefficient (Wildman–Crippen LogP) is 1.83. The van der Waals surface area contributed by atoms with Crippen LogP contribution in [0.15, 0.2) is 22.5 Å². The van der Waals surface area contributed by atoms with Crippen molar-refractivity contribution in [1.29, 1.82) is 0 Å². The molecule has 1 heterocycles. The molecule has 0 spiro atoms. The normalized spacial score (nSPS) is 24.6. The quantitative estimate of drug-likeness (QED) is 0.543. The monoisotopic (exact) mass is 167 g/mol. The summed E-state index contributed by atoms with van der Waals surface area (Å²) in [5.41, 5.74) is 3.25. The minimum absolute atomic E-state index is 1.09. The van der Waals surface area contributed by atoms with Crippen LogP contribution in [0.25, 0.3) is 0 Å². The van der Waals surface area contributed by atoms with Crippen LogP contribution in [0, 0.1) is 0 Å². The van der Waals surface area contributed by atoms with Crippen LogP contribution in [0.4, 0.5) is 0 Å². The van der Waals surface area contributed by atoms with Gasteiger partial charge in [-0.05, 0) is 36.7 Å². The first-order chi connectivity index (χ1) is 5.38. The van der Waals surface area contributed by atoms with Crippen LogP contribution >= 0.6 is 9.24 Å². The van der Waals surface area contributed by atoms with E-state index in [0.29, 0.717) is 0 Å². The SMILES string of the molecule is PC1=CCCC2=C1CNCC2. The standard InChI is InChI=1S/C9H14NP/c11-9-3-1-2-7-4-5-10-6-8(7)9/h3,10H,1-2,4-6,11H2. The topological polar surface area (TPSA) is 12.0 Å². The van der Waals surface area contributed by atoms with Crippen LogP contribution in [0.2, 0.25) is 0 Å². The minimum atomic E-state index is 1.09. The van der Waals surface area contributed by atoms with Gasteiger partial charge in [0.05, 0.1) is 0 Å². The molecule has 2 rings (SSSR count). The molecule has 60 valence electrons. The highest BCUT2D eigenvalue weighted by molar-refractivity contribution is 7.23. The molecular formula is C9H14NP. The molecule has 0 amide bonds. The zero-order chi connectivity index (χ0) is 7.68. The number of hydrogen-bond acceptors (Lipinski definition) is 1. The van der Waals surface area contributed by atoms with Gasteiger partial charge in [-0.2, -0.15) is 0 Å². The van der Waals surface area contributed by atoms with Crippen LogP contribution < -0.4 is 5.32 Å². The van der Waals surface area contributed by atoms with Gasteiger partial charge in [-0.15, -0.1) is 9.24 Å². The lowest BCUT2D eigenvalue weighted by molar-refractivity contribution is 0.655. The van der Waals surface area contributed by atoms with Gasteiger partial charge in [0.25, 0.3) is 0 Å². The van der Waals surface area contributed by atoms with E-state index in [9.17, 15) is 0 Å². The van der Waals surface area contributed by atoms with Gasteiger partial charge in [0.15, 0.2) is 0 Å². The molecule has 0 bridgehead atoms. The Balaban J connectivity index is 2.29. The lowest BCUT2D eigenvalue weighted by atomic mass is 9.92. The average Bonchev–Trinajstić information content (AvgIpc) is 2.06. The molecule has 0 aromatic rings. The molecule has 0 aromatic heterocycles. The number of hydrogen-bond donors (Lipinski definition) is 1. The second-order valence-electron chi connectivity index (χ2n) is 3.21. The third kappa shape index (κ3) is 1.40. The van der Waals surface area contributed by atoms with E-state index in [1.807, 2.05) is 0 Å². The number of rotatable bonds is 0. The van der Waals surface area contributed by atoms with E-state index in [4.69, 9.17) is 0 Å². The molecule has 1 aliphatic carbocycles. The summed E-state index contributed by atoms with van der Waals surface area (Å²) < 4.78 is 0. The molecule has 2 heteroatoms. The molecular weight excluding hydrogens is 153 g/mol. The van der Waals surface area contributed by atoms with Gasteiger partial charge in [0, 0.05) is 6.54 Å². The summed E-state index contributed by atoms with van der Waals surface area (Å²) in [5.74, 6) is 0. The maximum atomic E-state index is 3.40. The molecule has 0 aromatic carbocycles. The molecule has 0 fully saturated rings. The van der Waals surface area contributed by atoms with Crippen molar-refractivity contribution in [3.8, 4) is 0 Å². The predicted molar refractivity (Wildman–Crippen MR) is 51.5 cm³/mol. The third-order valence-corrected chi connectivity index (χ3v) is 3.08. The smallest absolute Gasteiger partial charge is 0.0211 e. The Bertz CT molecular complexity index is 228. The highest BCUT2D eigenvalue weighted by Gasteiger charge is 2.15. The van der Waals surface area contributed by atoms with Gasteiger partial charge in [0.2, 0.25) is 0 Å². The van der Waals surface area contributed by atoms with Crippen LogP contribution in [0.5, 0.6) is 0 Å². The van der Waals surface area contributed by atoms with E-state index >= 15 is 0 Å². The fraction of sp³-hybridized carbons (Fsp3) is 0.556. The second-order valence-corrected chi connectivity index (χ2v) is 3.83. The van der Waals surface area contributed by atoms with E-state index in [1.165, 1.54) is 31.1 Å². The maximum absolute atomic E-state index is 3.40. The largest absolute Gasteiger partial charge is 0.312 e. The van der Waals surface area contributed by atoms with E-state index in [-0.39, 0.29) is 0 Å². The molecule has 2 aliphatic rings. The van der Waals surface area contributed by atoms with Crippen LogP contribution in [0.3, 0.4) is 0 Å². The van der Waals surface area contributed by atoms with Crippen LogP contribution in [0.1, 0.15) is 19.3 Å². The van der Waals surface area contributed by atoms with Crippen molar-refractivity contribution in [2.24, 2.45) is 0 Å². The molecule has 1 atom stereocenters. The Morgan fingerprint density at radius 1 is 1.36 bits per heavy atom. The van der Waals surface area contributed by atoms with Crippen molar-refractivity contribution in [3.05, 3.63) is 22.5 Å². The first-order valence-electron chi connectivity index (χ1n) is 4.25. The fourth-order valence-electron chi connectivity index (χ4n) is 1.84. The molecule has 11 heavy (non-hydrogen) atoms. The Morgan fingerprint density at radius 2 is 2.27 bits per heavy atom. The average molecular weight is 167 g/mol. The van der Waals surface area contributed by atoms with Crippen molar-refractivity contribution in [2.75, 3.05) is 13.1 Å². The molecule has 1 unspecified atom stereocenters.